The standard InChI is InChI=1S/C22H21FN10O2/c23-15-11-28-21(33(25)5-3-24)17-16(15)14(10-27-17)18(34)22(35)32-8-6-31(7-9-32)20-13-2-1-4-26-19(13)29-12-30-20/h1-5,10-12,27H,6-9,24-25H2/b5-3-. The zero-order chi connectivity index (χ0) is 24.5. The molecule has 0 atom stereocenters. The maximum absolute atomic E-state index is 14.7. The van der Waals surface area contributed by atoms with Gasteiger partial charge in [-0.25, -0.2) is 30.2 Å². The summed E-state index contributed by atoms with van der Waals surface area (Å²) < 4.78 is 14.7. The highest BCUT2D eigenvalue weighted by Gasteiger charge is 2.30. The first-order chi connectivity index (χ1) is 17.0. The van der Waals surface area contributed by atoms with Crippen molar-refractivity contribution in [3.63, 3.8) is 0 Å². The number of fused-ring (bicyclic) bond motifs is 2. The molecule has 0 aromatic carbocycles. The maximum Gasteiger partial charge on any atom is 0.295 e. The van der Waals surface area contributed by atoms with Crippen LogP contribution in [0.1, 0.15) is 10.4 Å². The molecule has 0 aliphatic carbocycles. The fourth-order valence-corrected chi connectivity index (χ4v) is 4.15. The Morgan fingerprint density at radius 1 is 1.14 bits per heavy atom. The summed E-state index contributed by atoms with van der Waals surface area (Å²) >= 11 is 0. The van der Waals surface area contributed by atoms with Crippen molar-refractivity contribution in [2.45, 2.75) is 0 Å². The molecular formula is C22H21FN10O2. The summed E-state index contributed by atoms with van der Waals surface area (Å²) in [6.07, 6.45) is 7.85. The number of rotatable bonds is 5. The number of Topliss-reactive ketones (excluding diaryl/α,β-unsaturated/α-hetero) is 1. The number of nitrogens with two attached hydrogens (primary N) is 2. The lowest BCUT2D eigenvalue weighted by molar-refractivity contribution is -0.126. The molecule has 1 aliphatic rings. The number of hydrogen-bond donors (Lipinski definition) is 3. The lowest BCUT2D eigenvalue weighted by Crippen LogP contribution is -2.51. The third-order valence-corrected chi connectivity index (χ3v) is 5.83. The van der Waals surface area contributed by atoms with Gasteiger partial charge < -0.3 is 20.5 Å². The van der Waals surface area contributed by atoms with Crippen LogP contribution < -0.4 is 21.5 Å². The molecule has 0 radical (unpaired) electrons. The van der Waals surface area contributed by atoms with Gasteiger partial charge in [0.05, 0.1) is 28.0 Å². The van der Waals surface area contributed by atoms with Crippen molar-refractivity contribution in [3.8, 4) is 0 Å². The minimum atomic E-state index is -0.824. The molecular weight excluding hydrogens is 455 g/mol. The molecule has 0 bridgehead atoms. The van der Waals surface area contributed by atoms with E-state index in [2.05, 4.69) is 24.9 Å². The SMILES string of the molecule is N/C=C\N(N)c1ncc(F)c2c(C(=O)C(=O)N3CCN(c4ncnc5ncccc45)CC3)c[nH]c12. The normalized spacial score (nSPS) is 14.2. The second kappa shape index (κ2) is 8.95. The highest BCUT2D eigenvalue weighted by molar-refractivity contribution is 6.45. The molecule has 12 nitrogen and oxygen atoms in total. The Kier molecular flexibility index (Phi) is 5.66. The van der Waals surface area contributed by atoms with Gasteiger partial charge in [0.25, 0.3) is 11.7 Å². The molecule has 4 aromatic rings. The highest BCUT2D eigenvalue weighted by atomic mass is 19.1. The number of carbonyl (C=O) groups excluding carboxylic acids is 2. The summed E-state index contributed by atoms with van der Waals surface area (Å²) in [7, 11) is 0. The number of nitrogens with one attached hydrogen (secondary N) is 1. The summed E-state index contributed by atoms with van der Waals surface area (Å²) in [6, 6.07) is 3.70. The number of hydrogen-bond acceptors (Lipinski definition) is 10. The van der Waals surface area contributed by atoms with Crippen molar-refractivity contribution in [3.05, 3.63) is 60.8 Å². The van der Waals surface area contributed by atoms with Crippen LogP contribution >= 0.6 is 0 Å². The van der Waals surface area contributed by atoms with E-state index in [9.17, 15) is 14.0 Å². The largest absolute Gasteiger partial charge is 0.403 e. The number of carbonyl (C=O) groups is 2. The Morgan fingerprint density at radius 3 is 2.71 bits per heavy atom. The molecule has 178 valence electrons. The topological polar surface area (TPSA) is 163 Å². The van der Waals surface area contributed by atoms with Crippen LogP contribution in [0.3, 0.4) is 0 Å². The van der Waals surface area contributed by atoms with Crippen LogP contribution in [0, 0.1) is 5.82 Å². The molecule has 4 aromatic heterocycles. The first-order valence-corrected chi connectivity index (χ1v) is 10.7. The Balaban J connectivity index is 1.35. The molecule has 5 rings (SSSR count). The molecule has 0 unspecified atom stereocenters. The minimum absolute atomic E-state index is 0.0622. The lowest BCUT2D eigenvalue weighted by atomic mass is 10.1. The van der Waals surface area contributed by atoms with Crippen molar-refractivity contribution in [2.24, 2.45) is 11.6 Å². The summed E-state index contributed by atoms with van der Waals surface area (Å²) in [5.74, 6) is 4.44. The molecule has 0 spiro atoms. The zero-order valence-corrected chi connectivity index (χ0v) is 18.4. The average molecular weight is 476 g/mol. The van der Waals surface area contributed by atoms with Gasteiger partial charge in [-0.05, 0) is 12.1 Å². The Morgan fingerprint density at radius 2 is 1.94 bits per heavy atom. The van der Waals surface area contributed by atoms with Crippen molar-refractivity contribution in [2.75, 3.05) is 36.1 Å². The first-order valence-electron chi connectivity index (χ1n) is 10.7. The number of hydrazine groups is 1. The number of anilines is 2. The second-order valence-electron chi connectivity index (χ2n) is 7.81. The van der Waals surface area contributed by atoms with Gasteiger partial charge in [-0.2, -0.15) is 0 Å². The summed E-state index contributed by atoms with van der Waals surface area (Å²) in [5, 5.41) is 1.83. The number of halogens is 1. The monoisotopic (exact) mass is 476 g/mol. The van der Waals surface area contributed by atoms with Crippen LogP contribution in [0.25, 0.3) is 21.9 Å². The van der Waals surface area contributed by atoms with Crippen LogP contribution in [-0.4, -0.2) is 67.7 Å². The molecule has 13 heteroatoms. The molecule has 35 heavy (non-hydrogen) atoms. The van der Waals surface area contributed by atoms with Crippen molar-refractivity contribution in [1.29, 1.82) is 0 Å². The van der Waals surface area contributed by atoms with Gasteiger partial charge in [0, 0.05) is 51.0 Å². The Labute approximate surface area is 198 Å². The van der Waals surface area contributed by atoms with Crippen molar-refractivity contribution in [1.82, 2.24) is 29.8 Å². The Bertz CT molecular complexity index is 1460. The fourth-order valence-electron chi connectivity index (χ4n) is 4.15. The molecule has 1 amide bonds. The summed E-state index contributed by atoms with van der Waals surface area (Å²) in [5.41, 5.74) is 6.03. The minimum Gasteiger partial charge on any atom is -0.403 e. The van der Waals surface area contributed by atoms with Crippen LogP contribution in [0.15, 0.2) is 49.5 Å². The second-order valence-corrected chi connectivity index (χ2v) is 7.81. The number of pyridine rings is 2. The maximum atomic E-state index is 14.7. The van der Waals surface area contributed by atoms with Gasteiger partial charge in [-0.15, -0.1) is 0 Å². The molecule has 1 aliphatic heterocycles. The first kappa shape index (κ1) is 22.2. The van der Waals surface area contributed by atoms with Crippen molar-refractivity contribution >= 4 is 45.3 Å². The van der Waals surface area contributed by atoms with E-state index in [1.54, 1.807) is 6.20 Å². The van der Waals surface area contributed by atoms with E-state index in [1.165, 1.54) is 29.8 Å². The van der Waals surface area contributed by atoms with Gasteiger partial charge in [0.1, 0.15) is 12.1 Å². The number of piperazine rings is 1. The molecule has 1 saturated heterocycles. The molecule has 1 fully saturated rings. The third-order valence-electron chi connectivity index (χ3n) is 5.83. The molecule has 0 saturated carbocycles. The quantitative estimate of drug-likeness (QED) is 0.161. The lowest BCUT2D eigenvalue weighted by Gasteiger charge is -2.35. The van der Waals surface area contributed by atoms with Crippen molar-refractivity contribution < 1.29 is 14.0 Å². The number of nitrogens with zero attached hydrogens (tertiary/aromatic N) is 7. The van der Waals surface area contributed by atoms with E-state index in [-0.39, 0.29) is 22.3 Å². The number of aromatic amines is 1. The van der Waals surface area contributed by atoms with Gasteiger partial charge in [0.15, 0.2) is 17.3 Å². The highest BCUT2D eigenvalue weighted by Crippen LogP contribution is 2.29. The third kappa shape index (κ3) is 3.87. The van der Waals surface area contributed by atoms with Crippen LogP contribution in [0.2, 0.25) is 0 Å². The van der Waals surface area contributed by atoms with E-state index in [4.69, 9.17) is 11.6 Å². The van der Waals surface area contributed by atoms with Crippen LogP contribution in [-0.2, 0) is 4.79 Å². The number of aromatic nitrogens is 5. The van der Waals surface area contributed by atoms with E-state index in [0.29, 0.717) is 31.8 Å². The predicted molar refractivity (Wildman–Crippen MR) is 127 cm³/mol. The summed E-state index contributed by atoms with van der Waals surface area (Å²) in [6.45, 7) is 1.52. The molecule has 5 N–H and O–H groups in total. The van der Waals surface area contributed by atoms with Gasteiger partial charge in [-0.3, -0.25) is 14.6 Å². The van der Waals surface area contributed by atoms with E-state index >= 15 is 0 Å². The summed E-state index contributed by atoms with van der Waals surface area (Å²) in [4.78, 5) is 49.1. The number of ketones is 1. The number of H-pyrrole nitrogens is 1. The fraction of sp³-hybridized carbons (Fsp3) is 0.182. The average Bonchev–Trinajstić information content (AvgIpc) is 3.34. The molecule has 5 heterocycles. The van der Waals surface area contributed by atoms with E-state index in [0.717, 1.165) is 22.4 Å². The predicted octanol–water partition coefficient (Wildman–Crippen LogP) is 0.682. The number of amides is 1. The van der Waals surface area contributed by atoms with Gasteiger partial charge in [-0.1, -0.05) is 0 Å². The zero-order valence-electron chi connectivity index (χ0n) is 18.4. The van der Waals surface area contributed by atoms with E-state index < -0.39 is 17.5 Å². The van der Waals surface area contributed by atoms with E-state index in [1.807, 2.05) is 17.0 Å². The van der Waals surface area contributed by atoms with Gasteiger partial charge >= 0.3 is 0 Å². The van der Waals surface area contributed by atoms with Crippen LogP contribution in [0.4, 0.5) is 16.0 Å². The Hall–Kier alpha value is -4.65. The smallest absolute Gasteiger partial charge is 0.295 e. The van der Waals surface area contributed by atoms with Crippen LogP contribution in [0.5, 0.6) is 0 Å². The van der Waals surface area contributed by atoms with Gasteiger partial charge in [0.2, 0.25) is 0 Å².